The number of rotatable bonds is 2. The van der Waals surface area contributed by atoms with Gasteiger partial charge in [0.05, 0.1) is 0 Å². The van der Waals surface area contributed by atoms with Crippen molar-refractivity contribution < 1.29 is 8.78 Å². The molecule has 0 saturated heterocycles. The minimum atomic E-state index is -2.41. The summed E-state index contributed by atoms with van der Waals surface area (Å²) in [6, 6.07) is 10.3. The van der Waals surface area contributed by atoms with E-state index in [1.54, 1.807) is 12.1 Å². The van der Waals surface area contributed by atoms with Crippen molar-refractivity contribution in [2.45, 2.75) is 6.43 Å². The van der Waals surface area contributed by atoms with Crippen molar-refractivity contribution in [2.75, 3.05) is 0 Å². The van der Waals surface area contributed by atoms with Crippen molar-refractivity contribution in [3.8, 4) is 0 Å². The molecule has 0 fully saturated rings. The van der Waals surface area contributed by atoms with Gasteiger partial charge < -0.3 is 0 Å². The molecular weight excluding hydrogens is 194 g/mol. The molecule has 15 heavy (non-hydrogen) atoms. The second kappa shape index (κ2) is 3.81. The van der Waals surface area contributed by atoms with Crippen LogP contribution in [0.25, 0.3) is 16.8 Å². The monoisotopic (exact) mass is 204 g/mol. The summed E-state index contributed by atoms with van der Waals surface area (Å²) in [5.41, 5.74) is 1.06. The lowest BCUT2D eigenvalue weighted by Crippen LogP contribution is -1.84. The summed E-state index contributed by atoms with van der Waals surface area (Å²) in [6.07, 6.45) is -0.672. The summed E-state index contributed by atoms with van der Waals surface area (Å²) in [4.78, 5) is 0. The van der Waals surface area contributed by atoms with Crippen LogP contribution in [0.2, 0.25) is 0 Å². The third kappa shape index (κ3) is 1.89. The van der Waals surface area contributed by atoms with E-state index in [-0.39, 0.29) is 5.56 Å². The first-order valence-electron chi connectivity index (χ1n) is 4.65. The van der Waals surface area contributed by atoms with Crippen molar-refractivity contribution in [1.82, 2.24) is 0 Å². The molecule has 2 heteroatoms. The van der Waals surface area contributed by atoms with Crippen molar-refractivity contribution >= 4 is 16.8 Å². The Morgan fingerprint density at radius 2 is 1.67 bits per heavy atom. The van der Waals surface area contributed by atoms with E-state index in [0.29, 0.717) is 0 Å². The van der Waals surface area contributed by atoms with Crippen molar-refractivity contribution in [2.24, 2.45) is 0 Å². The largest absolute Gasteiger partial charge is 0.263 e. The highest BCUT2D eigenvalue weighted by atomic mass is 19.3. The van der Waals surface area contributed by atoms with Crippen LogP contribution in [0.5, 0.6) is 0 Å². The van der Waals surface area contributed by atoms with E-state index in [2.05, 4.69) is 6.58 Å². The molecule has 0 amide bonds. The summed E-state index contributed by atoms with van der Waals surface area (Å²) < 4.78 is 24.8. The van der Waals surface area contributed by atoms with Gasteiger partial charge in [-0.1, -0.05) is 36.9 Å². The van der Waals surface area contributed by atoms with Gasteiger partial charge in [0.15, 0.2) is 0 Å². The summed E-state index contributed by atoms with van der Waals surface area (Å²) in [5, 5.41) is 1.79. The van der Waals surface area contributed by atoms with E-state index in [1.807, 2.05) is 18.2 Å². The lowest BCUT2D eigenvalue weighted by molar-refractivity contribution is 0.151. The molecule has 0 heterocycles. The van der Waals surface area contributed by atoms with Gasteiger partial charge in [-0.05, 0) is 28.5 Å². The van der Waals surface area contributed by atoms with Crippen LogP contribution in [-0.4, -0.2) is 0 Å². The normalized spacial score (nSPS) is 10.9. The van der Waals surface area contributed by atoms with Crippen LogP contribution in [0.4, 0.5) is 8.78 Å². The van der Waals surface area contributed by atoms with Crippen LogP contribution < -0.4 is 0 Å². The number of benzene rings is 2. The summed E-state index contributed by atoms with van der Waals surface area (Å²) in [7, 11) is 0. The maximum absolute atomic E-state index is 12.4. The van der Waals surface area contributed by atoms with E-state index in [1.165, 1.54) is 12.1 Å². The standard InChI is InChI=1S/C13H10F2/c1-2-9-3-4-11-8-12(13(14)15)6-5-10(11)7-9/h2-8,13H,1H2. The summed E-state index contributed by atoms with van der Waals surface area (Å²) in [5.74, 6) is 0. The number of alkyl halides is 2. The highest BCUT2D eigenvalue weighted by Gasteiger charge is 2.06. The maximum atomic E-state index is 12.4. The van der Waals surface area contributed by atoms with Crippen molar-refractivity contribution in [3.05, 3.63) is 54.1 Å². The van der Waals surface area contributed by atoms with Crippen LogP contribution in [0.3, 0.4) is 0 Å². The van der Waals surface area contributed by atoms with E-state index in [0.717, 1.165) is 16.3 Å². The predicted octanol–water partition coefficient (Wildman–Crippen LogP) is 4.42. The zero-order valence-electron chi connectivity index (χ0n) is 8.08. The molecule has 2 rings (SSSR count). The van der Waals surface area contributed by atoms with Crippen LogP contribution in [0, 0.1) is 0 Å². The number of fused-ring (bicyclic) bond motifs is 1. The first-order valence-corrected chi connectivity index (χ1v) is 4.65. The zero-order valence-corrected chi connectivity index (χ0v) is 8.08. The molecule has 0 nitrogen and oxygen atoms in total. The molecule has 0 aliphatic carbocycles. The first kappa shape index (κ1) is 9.84. The van der Waals surface area contributed by atoms with Gasteiger partial charge >= 0.3 is 0 Å². The fourth-order valence-electron chi connectivity index (χ4n) is 1.55. The van der Waals surface area contributed by atoms with Gasteiger partial charge in [0.25, 0.3) is 6.43 Å². The molecule has 0 aromatic heterocycles. The van der Waals surface area contributed by atoms with Gasteiger partial charge in [0, 0.05) is 5.56 Å². The van der Waals surface area contributed by atoms with Crippen LogP contribution in [0.1, 0.15) is 17.6 Å². The highest BCUT2D eigenvalue weighted by molar-refractivity contribution is 5.85. The molecule has 0 aliphatic heterocycles. The molecule has 2 aromatic rings. The van der Waals surface area contributed by atoms with Gasteiger partial charge in [-0.2, -0.15) is 0 Å². The number of hydrogen-bond donors (Lipinski definition) is 0. The molecule has 0 bridgehead atoms. The zero-order chi connectivity index (χ0) is 10.8. The van der Waals surface area contributed by atoms with E-state index in [4.69, 9.17) is 0 Å². The molecule has 0 radical (unpaired) electrons. The molecule has 0 aliphatic rings. The van der Waals surface area contributed by atoms with Gasteiger partial charge in [0.2, 0.25) is 0 Å². The number of halogens is 2. The third-order valence-electron chi connectivity index (χ3n) is 2.38. The quantitative estimate of drug-likeness (QED) is 0.679. The van der Waals surface area contributed by atoms with Gasteiger partial charge in [0.1, 0.15) is 0 Å². The van der Waals surface area contributed by atoms with E-state index < -0.39 is 6.43 Å². The second-order valence-corrected chi connectivity index (χ2v) is 3.37. The van der Waals surface area contributed by atoms with Gasteiger partial charge in [-0.25, -0.2) is 8.78 Å². The van der Waals surface area contributed by atoms with Crippen molar-refractivity contribution in [3.63, 3.8) is 0 Å². The Hall–Kier alpha value is -1.70. The molecular formula is C13H10F2. The lowest BCUT2D eigenvalue weighted by atomic mass is 10.0. The van der Waals surface area contributed by atoms with Gasteiger partial charge in [-0.15, -0.1) is 0 Å². The fraction of sp³-hybridized carbons (Fsp3) is 0.0769. The average molecular weight is 204 g/mol. The topological polar surface area (TPSA) is 0 Å². The average Bonchev–Trinajstić information content (AvgIpc) is 2.27. The van der Waals surface area contributed by atoms with Crippen LogP contribution in [0.15, 0.2) is 43.0 Å². The second-order valence-electron chi connectivity index (χ2n) is 3.37. The first-order chi connectivity index (χ1) is 7.20. The number of hydrogen-bond acceptors (Lipinski definition) is 0. The molecule has 2 aromatic carbocycles. The Balaban J connectivity index is 2.59. The fourth-order valence-corrected chi connectivity index (χ4v) is 1.55. The third-order valence-corrected chi connectivity index (χ3v) is 2.38. The summed E-state index contributed by atoms with van der Waals surface area (Å²) >= 11 is 0. The molecule has 76 valence electrons. The Kier molecular flexibility index (Phi) is 2.50. The predicted molar refractivity (Wildman–Crippen MR) is 59.0 cm³/mol. The Labute approximate surface area is 86.8 Å². The lowest BCUT2D eigenvalue weighted by Gasteiger charge is -2.03. The van der Waals surface area contributed by atoms with Gasteiger partial charge in [-0.3, -0.25) is 0 Å². The Morgan fingerprint density at radius 3 is 2.33 bits per heavy atom. The molecule has 0 unspecified atom stereocenters. The van der Waals surface area contributed by atoms with E-state index >= 15 is 0 Å². The molecule has 0 saturated carbocycles. The highest BCUT2D eigenvalue weighted by Crippen LogP contribution is 2.24. The maximum Gasteiger partial charge on any atom is 0.263 e. The molecule has 0 N–H and O–H groups in total. The SMILES string of the molecule is C=Cc1ccc2cc(C(F)F)ccc2c1. The summed E-state index contributed by atoms with van der Waals surface area (Å²) in [6.45, 7) is 3.66. The van der Waals surface area contributed by atoms with Crippen molar-refractivity contribution in [1.29, 1.82) is 0 Å². The minimum Gasteiger partial charge on any atom is -0.205 e. The van der Waals surface area contributed by atoms with Crippen LogP contribution in [-0.2, 0) is 0 Å². The smallest absolute Gasteiger partial charge is 0.205 e. The van der Waals surface area contributed by atoms with E-state index in [9.17, 15) is 8.78 Å². The van der Waals surface area contributed by atoms with Crippen LogP contribution >= 0.6 is 0 Å². The minimum absolute atomic E-state index is 0.0638. The Bertz CT molecular complexity index is 501. The molecule has 0 spiro atoms. The molecule has 0 atom stereocenters. The Morgan fingerprint density at radius 1 is 1.00 bits per heavy atom.